The molecule has 2 nitrogen and oxygen atoms in total. The summed E-state index contributed by atoms with van der Waals surface area (Å²) in [6.07, 6.45) is -0.599. The molecule has 1 aliphatic carbocycles. The second-order valence-electron chi connectivity index (χ2n) is 4.84. The molecule has 0 aliphatic heterocycles. The topological polar surface area (TPSA) is 37.3 Å². The van der Waals surface area contributed by atoms with E-state index in [0.29, 0.717) is 5.56 Å². The molecule has 0 aromatic heterocycles. The second kappa shape index (κ2) is 3.28. The smallest absolute Gasteiger partial charge is 0.320 e. The van der Waals surface area contributed by atoms with Gasteiger partial charge in [0.2, 0.25) is 0 Å². The molecule has 2 rings (SSSR count). The molecule has 1 aromatic carbocycles. The van der Waals surface area contributed by atoms with Crippen LogP contribution in [0.2, 0.25) is 0 Å². The third-order valence-corrected chi connectivity index (χ3v) is 3.65. The maximum absolute atomic E-state index is 13.4. The van der Waals surface area contributed by atoms with Crippen molar-refractivity contribution >= 4 is 5.97 Å². The average molecular weight is 240 g/mol. The van der Waals surface area contributed by atoms with Crippen LogP contribution in [0, 0.1) is 20.8 Å². The quantitative estimate of drug-likeness (QED) is 0.862. The highest BCUT2D eigenvalue weighted by atomic mass is 19.3. The number of halogens is 2. The van der Waals surface area contributed by atoms with Gasteiger partial charge >= 0.3 is 5.97 Å². The van der Waals surface area contributed by atoms with Gasteiger partial charge in [0.1, 0.15) is 0 Å². The van der Waals surface area contributed by atoms with E-state index in [1.165, 1.54) is 0 Å². The van der Waals surface area contributed by atoms with Crippen molar-refractivity contribution < 1.29 is 18.7 Å². The van der Waals surface area contributed by atoms with Gasteiger partial charge in [-0.2, -0.15) is 0 Å². The molecule has 0 amide bonds. The standard InChI is InChI=1S/C13H14F2O2/c1-7-4-9(3)10(5-8(7)2)12(11(16)17)6-13(12,14)15/h4-5H,6H2,1-3H3,(H,16,17). The van der Waals surface area contributed by atoms with Crippen molar-refractivity contribution in [2.45, 2.75) is 38.5 Å². The second-order valence-corrected chi connectivity index (χ2v) is 4.84. The molecule has 0 saturated heterocycles. The number of aryl methyl sites for hydroxylation is 3. The van der Waals surface area contributed by atoms with Crippen molar-refractivity contribution in [2.75, 3.05) is 0 Å². The first kappa shape index (κ1) is 12.0. The Bertz CT molecular complexity index is 508. The van der Waals surface area contributed by atoms with Crippen LogP contribution in [0.25, 0.3) is 0 Å². The van der Waals surface area contributed by atoms with Crippen LogP contribution < -0.4 is 0 Å². The first-order valence-electron chi connectivity index (χ1n) is 5.42. The van der Waals surface area contributed by atoms with Gasteiger partial charge < -0.3 is 5.11 Å². The zero-order valence-corrected chi connectivity index (χ0v) is 9.97. The minimum atomic E-state index is -3.13. The lowest BCUT2D eigenvalue weighted by Gasteiger charge is -2.16. The molecule has 0 spiro atoms. The van der Waals surface area contributed by atoms with Crippen molar-refractivity contribution in [3.63, 3.8) is 0 Å². The summed E-state index contributed by atoms with van der Waals surface area (Å²) in [6.45, 7) is 5.36. The van der Waals surface area contributed by atoms with E-state index in [9.17, 15) is 13.6 Å². The van der Waals surface area contributed by atoms with E-state index in [-0.39, 0.29) is 5.56 Å². The number of carboxylic acids is 1. The van der Waals surface area contributed by atoms with Gasteiger partial charge in [-0.3, -0.25) is 4.79 Å². The van der Waals surface area contributed by atoms with Crippen LogP contribution in [0.1, 0.15) is 28.7 Å². The van der Waals surface area contributed by atoms with E-state index in [4.69, 9.17) is 5.11 Å². The van der Waals surface area contributed by atoms with Crippen LogP contribution in [0.15, 0.2) is 12.1 Å². The lowest BCUT2D eigenvalue weighted by atomic mass is 9.88. The third kappa shape index (κ3) is 1.47. The van der Waals surface area contributed by atoms with Crippen LogP contribution in [0.5, 0.6) is 0 Å². The maximum atomic E-state index is 13.4. The van der Waals surface area contributed by atoms with Gasteiger partial charge in [0, 0.05) is 6.42 Å². The van der Waals surface area contributed by atoms with E-state index < -0.39 is 23.7 Å². The van der Waals surface area contributed by atoms with Crippen molar-refractivity contribution in [2.24, 2.45) is 0 Å². The molecule has 0 radical (unpaired) electrons. The molecule has 0 bridgehead atoms. The number of carboxylic acid groups (broad SMARTS) is 1. The lowest BCUT2D eigenvalue weighted by molar-refractivity contribution is -0.143. The highest BCUT2D eigenvalue weighted by Crippen LogP contribution is 2.62. The number of hydrogen-bond donors (Lipinski definition) is 1. The number of benzene rings is 1. The van der Waals surface area contributed by atoms with E-state index in [1.54, 1.807) is 26.0 Å². The van der Waals surface area contributed by atoms with E-state index in [1.807, 2.05) is 6.92 Å². The summed E-state index contributed by atoms with van der Waals surface area (Å²) in [7, 11) is 0. The van der Waals surface area contributed by atoms with E-state index >= 15 is 0 Å². The molecule has 1 fully saturated rings. The van der Waals surface area contributed by atoms with Crippen molar-refractivity contribution in [3.05, 3.63) is 34.4 Å². The van der Waals surface area contributed by atoms with Crippen molar-refractivity contribution in [1.82, 2.24) is 0 Å². The van der Waals surface area contributed by atoms with Gasteiger partial charge in [-0.1, -0.05) is 12.1 Å². The molecule has 1 aliphatic rings. The largest absolute Gasteiger partial charge is 0.480 e. The molecule has 1 saturated carbocycles. The fourth-order valence-corrected chi connectivity index (χ4v) is 2.35. The van der Waals surface area contributed by atoms with Crippen LogP contribution in [0.3, 0.4) is 0 Å². The SMILES string of the molecule is Cc1cc(C)c(C2(C(=O)O)CC2(F)F)cc1C. The molecule has 1 N–H and O–H groups in total. The molecule has 17 heavy (non-hydrogen) atoms. The van der Waals surface area contributed by atoms with Crippen LogP contribution in [0.4, 0.5) is 8.78 Å². The fraction of sp³-hybridized carbons (Fsp3) is 0.462. The van der Waals surface area contributed by atoms with Crippen LogP contribution in [-0.4, -0.2) is 17.0 Å². The van der Waals surface area contributed by atoms with Crippen molar-refractivity contribution in [3.8, 4) is 0 Å². The summed E-state index contributed by atoms with van der Waals surface area (Å²) in [5, 5.41) is 9.10. The van der Waals surface area contributed by atoms with Crippen LogP contribution >= 0.6 is 0 Å². The summed E-state index contributed by atoms with van der Waals surface area (Å²) in [5.41, 5.74) is 0.686. The normalized spacial score (nSPS) is 25.7. The number of alkyl halides is 2. The number of hydrogen-bond acceptors (Lipinski definition) is 1. The number of aliphatic carboxylic acids is 1. The number of carbonyl (C=O) groups is 1. The Kier molecular flexibility index (Phi) is 2.32. The van der Waals surface area contributed by atoms with Gasteiger partial charge in [-0.15, -0.1) is 0 Å². The summed E-state index contributed by atoms with van der Waals surface area (Å²) in [6, 6.07) is 3.35. The molecule has 4 heteroatoms. The van der Waals surface area contributed by atoms with Crippen LogP contribution in [-0.2, 0) is 10.2 Å². The molecular weight excluding hydrogens is 226 g/mol. The molecular formula is C13H14F2O2. The monoisotopic (exact) mass is 240 g/mol. The summed E-state index contributed by atoms with van der Waals surface area (Å²) >= 11 is 0. The van der Waals surface area contributed by atoms with E-state index in [0.717, 1.165) is 11.1 Å². The molecule has 1 atom stereocenters. The molecule has 1 unspecified atom stereocenters. The highest BCUT2D eigenvalue weighted by molar-refractivity contribution is 5.88. The minimum absolute atomic E-state index is 0.248. The fourth-order valence-electron chi connectivity index (χ4n) is 2.35. The molecule has 92 valence electrons. The summed E-state index contributed by atoms with van der Waals surface area (Å²) < 4.78 is 26.8. The molecule has 0 heterocycles. The van der Waals surface area contributed by atoms with Gasteiger partial charge in [0.25, 0.3) is 5.92 Å². The van der Waals surface area contributed by atoms with E-state index in [2.05, 4.69) is 0 Å². The van der Waals surface area contributed by atoms with Crippen molar-refractivity contribution in [1.29, 1.82) is 0 Å². The van der Waals surface area contributed by atoms with Gasteiger partial charge in [0.05, 0.1) is 0 Å². The Balaban J connectivity index is 2.62. The Morgan fingerprint density at radius 1 is 1.18 bits per heavy atom. The minimum Gasteiger partial charge on any atom is -0.480 e. The Hall–Kier alpha value is -1.45. The zero-order chi connectivity index (χ0) is 13.0. The Morgan fingerprint density at radius 2 is 1.65 bits per heavy atom. The molecule has 1 aromatic rings. The first-order chi connectivity index (χ1) is 7.72. The first-order valence-corrected chi connectivity index (χ1v) is 5.42. The van der Waals surface area contributed by atoms with Gasteiger partial charge in [-0.25, -0.2) is 8.78 Å². The predicted octanol–water partition coefficient (Wildman–Crippen LogP) is 2.97. The Labute approximate surface area is 98.3 Å². The van der Waals surface area contributed by atoms with Gasteiger partial charge in [-0.05, 0) is 43.0 Å². The average Bonchev–Trinajstić information content (AvgIpc) is 2.77. The van der Waals surface area contributed by atoms with Gasteiger partial charge in [0.15, 0.2) is 5.41 Å². The zero-order valence-electron chi connectivity index (χ0n) is 9.97. The number of rotatable bonds is 2. The maximum Gasteiger partial charge on any atom is 0.320 e. The summed E-state index contributed by atoms with van der Waals surface area (Å²) in [4.78, 5) is 11.2. The predicted molar refractivity (Wildman–Crippen MR) is 59.5 cm³/mol. The summed E-state index contributed by atoms with van der Waals surface area (Å²) in [5.74, 6) is -4.57. The highest BCUT2D eigenvalue weighted by Gasteiger charge is 2.77. The lowest BCUT2D eigenvalue weighted by Crippen LogP contribution is -2.28. The third-order valence-electron chi connectivity index (χ3n) is 3.65. The Morgan fingerprint density at radius 3 is 2.06 bits per heavy atom.